The third-order valence-electron chi connectivity index (χ3n) is 3.96. The Bertz CT molecular complexity index is 236. The molecule has 0 radical (unpaired) electrons. The second-order valence-electron chi connectivity index (χ2n) is 5.28. The molecule has 2 atom stereocenters. The zero-order chi connectivity index (χ0) is 11.4. The summed E-state index contributed by atoms with van der Waals surface area (Å²) in [7, 11) is 0. The molecule has 0 aliphatic carbocycles. The van der Waals surface area contributed by atoms with Gasteiger partial charge in [-0.25, -0.2) is 0 Å². The number of rotatable bonds is 2. The predicted octanol–water partition coefficient (Wildman–Crippen LogP) is 1.92. The molecule has 1 N–H and O–H groups in total. The van der Waals surface area contributed by atoms with Gasteiger partial charge in [0.25, 0.3) is 0 Å². The fraction of sp³-hybridized carbons (Fsp3) is 0.923. The van der Waals surface area contributed by atoms with Gasteiger partial charge >= 0.3 is 0 Å². The van der Waals surface area contributed by atoms with Crippen molar-refractivity contribution in [2.75, 3.05) is 13.1 Å². The quantitative estimate of drug-likeness (QED) is 0.777. The molecule has 0 unspecified atom stereocenters. The predicted molar refractivity (Wildman–Crippen MR) is 65.3 cm³/mol. The van der Waals surface area contributed by atoms with Gasteiger partial charge in [-0.1, -0.05) is 6.42 Å². The van der Waals surface area contributed by atoms with E-state index in [1.54, 1.807) is 0 Å². The Morgan fingerprint density at radius 1 is 1.25 bits per heavy atom. The SMILES string of the molecule is C[C@H]1CCCCN1C(=O)C[C@H]1CCCCN1. The summed E-state index contributed by atoms with van der Waals surface area (Å²) in [5.74, 6) is 0.367. The van der Waals surface area contributed by atoms with E-state index in [9.17, 15) is 4.79 Å². The minimum atomic E-state index is 0.367. The van der Waals surface area contributed by atoms with E-state index in [0.29, 0.717) is 24.4 Å². The number of nitrogens with one attached hydrogen (secondary N) is 1. The van der Waals surface area contributed by atoms with Gasteiger partial charge in [-0.3, -0.25) is 4.79 Å². The summed E-state index contributed by atoms with van der Waals surface area (Å²) >= 11 is 0. The maximum Gasteiger partial charge on any atom is 0.224 e. The summed E-state index contributed by atoms with van der Waals surface area (Å²) in [5, 5.41) is 3.46. The molecule has 0 aromatic rings. The molecule has 0 bridgehead atoms. The Hall–Kier alpha value is -0.570. The van der Waals surface area contributed by atoms with Crippen molar-refractivity contribution in [2.45, 2.75) is 64.0 Å². The fourth-order valence-electron chi connectivity index (χ4n) is 2.89. The molecule has 16 heavy (non-hydrogen) atoms. The Kier molecular flexibility index (Phi) is 4.22. The van der Waals surface area contributed by atoms with Crippen LogP contribution in [0.5, 0.6) is 0 Å². The standard InChI is InChI=1S/C13H24N2O/c1-11-6-3-5-9-15(11)13(16)10-12-7-2-4-8-14-12/h11-12,14H,2-10H2,1H3/t11-,12+/m0/s1. The molecule has 0 aromatic carbocycles. The average Bonchev–Trinajstić information content (AvgIpc) is 2.31. The molecule has 1 amide bonds. The number of amides is 1. The van der Waals surface area contributed by atoms with E-state index >= 15 is 0 Å². The summed E-state index contributed by atoms with van der Waals surface area (Å²) in [6.07, 6.45) is 8.09. The second-order valence-corrected chi connectivity index (χ2v) is 5.28. The average molecular weight is 224 g/mol. The van der Waals surface area contributed by atoms with Gasteiger partial charge in [0.15, 0.2) is 0 Å². The van der Waals surface area contributed by atoms with Gasteiger partial charge in [0, 0.05) is 25.0 Å². The molecule has 2 rings (SSSR count). The van der Waals surface area contributed by atoms with Crippen LogP contribution in [0.25, 0.3) is 0 Å². The van der Waals surface area contributed by atoms with Crippen LogP contribution in [0.2, 0.25) is 0 Å². The van der Waals surface area contributed by atoms with E-state index in [-0.39, 0.29) is 0 Å². The van der Waals surface area contributed by atoms with Crippen molar-refractivity contribution in [2.24, 2.45) is 0 Å². The number of carbonyl (C=O) groups is 1. The maximum absolute atomic E-state index is 12.2. The third-order valence-corrected chi connectivity index (χ3v) is 3.96. The first kappa shape index (κ1) is 11.9. The molecule has 2 aliphatic rings. The van der Waals surface area contributed by atoms with Crippen molar-refractivity contribution in [3.05, 3.63) is 0 Å². The van der Waals surface area contributed by atoms with Crippen LogP contribution < -0.4 is 5.32 Å². The number of hydrogen-bond donors (Lipinski definition) is 1. The Morgan fingerprint density at radius 3 is 2.75 bits per heavy atom. The smallest absolute Gasteiger partial charge is 0.224 e. The molecule has 3 nitrogen and oxygen atoms in total. The number of carbonyl (C=O) groups excluding carboxylic acids is 1. The molecule has 2 saturated heterocycles. The van der Waals surface area contributed by atoms with Crippen molar-refractivity contribution < 1.29 is 4.79 Å². The van der Waals surface area contributed by atoms with Crippen LogP contribution in [0.3, 0.4) is 0 Å². The van der Waals surface area contributed by atoms with Crippen molar-refractivity contribution in [1.82, 2.24) is 10.2 Å². The first-order valence-corrected chi connectivity index (χ1v) is 6.80. The van der Waals surface area contributed by atoms with E-state index in [2.05, 4.69) is 17.1 Å². The van der Waals surface area contributed by atoms with Crippen LogP contribution in [0, 0.1) is 0 Å². The van der Waals surface area contributed by atoms with Crippen LogP contribution in [-0.2, 0) is 4.79 Å². The highest BCUT2D eigenvalue weighted by Crippen LogP contribution is 2.19. The molecular weight excluding hydrogens is 200 g/mol. The lowest BCUT2D eigenvalue weighted by atomic mass is 9.99. The van der Waals surface area contributed by atoms with Gasteiger partial charge in [-0.2, -0.15) is 0 Å². The molecule has 0 spiro atoms. The van der Waals surface area contributed by atoms with Crippen LogP contribution in [-0.4, -0.2) is 36.0 Å². The highest BCUT2D eigenvalue weighted by Gasteiger charge is 2.25. The lowest BCUT2D eigenvalue weighted by Crippen LogP contribution is -2.45. The van der Waals surface area contributed by atoms with Crippen molar-refractivity contribution >= 4 is 5.91 Å². The highest BCUT2D eigenvalue weighted by molar-refractivity contribution is 5.77. The van der Waals surface area contributed by atoms with E-state index in [0.717, 1.165) is 13.1 Å². The van der Waals surface area contributed by atoms with Crippen molar-refractivity contribution in [3.63, 3.8) is 0 Å². The Morgan fingerprint density at radius 2 is 2.06 bits per heavy atom. The van der Waals surface area contributed by atoms with Gasteiger partial charge in [-0.05, 0) is 45.6 Å². The van der Waals surface area contributed by atoms with Crippen LogP contribution in [0.4, 0.5) is 0 Å². The fourth-order valence-corrected chi connectivity index (χ4v) is 2.89. The molecule has 2 heterocycles. The van der Waals surface area contributed by atoms with Gasteiger partial charge in [0.2, 0.25) is 5.91 Å². The molecule has 2 aliphatic heterocycles. The second kappa shape index (κ2) is 5.67. The molecule has 92 valence electrons. The van der Waals surface area contributed by atoms with Gasteiger partial charge in [-0.15, -0.1) is 0 Å². The summed E-state index contributed by atoms with van der Waals surface area (Å²) in [6, 6.07) is 0.903. The van der Waals surface area contributed by atoms with Crippen LogP contribution in [0.1, 0.15) is 51.9 Å². The molecule has 3 heteroatoms. The number of piperidine rings is 2. The normalized spacial score (nSPS) is 31.4. The number of hydrogen-bond acceptors (Lipinski definition) is 2. The largest absolute Gasteiger partial charge is 0.340 e. The van der Waals surface area contributed by atoms with E-state index in [4.69, 9.17) is 0 Å². The summed E-state index contributed by atoms with van der Waals surface area (Å²) in [6.45, 7) is 4.26. The minimum Gasteiger partial charge on any atom is -0.340 e. The highest BCUT2D eigenvalue weighted by atomic mass is 16.2. The lowest BCUT2D eigenvalue weighted by Gasteiger charge is -2.35. The molecule has 0 aromatic heterocycles. The zero-order valence-corrected chi connectivity index (χ0v) is 10.4. The Labute approximate surface area is 98.6 Å². The van der Waals surface area contributed by atoms with Gasteiger partial charge in [0.05, 0.1) is 0 Å². The van der Waals surface area contributed by atoms with E-state index < -0.39 is 0 Å². The van der Waals surface area contributed by atoms with Crippen LogP contribution >= 0.6 is 0 Å². The Balaban J connectivity index is 1.81. The molecule has 0 saturated carbocycles. The van der Waals surface area contributed by atoms with Crippen molar-refractivity contribution in [3.8, 4) is 0 Å². The first-order chi connectivity index (χ1) is 7.77. The molecule has 2 fully saturated rings. The molecular formula is C13H24N2O. The maximum atomic E-state index is 12.2. The van der Waals surface area contributed by atoms with Gasteiger partial charge in [0.1, 0.15) is 0 Å². The number of likely N-dealkylation sites (tertiary alicyclic amines) is 1. The summed E-state index contributed by atoms with van der Waals surface area (Å²) in [4.78, 5) is 14.3. The van der Waals surface area contributed by atoms with Crippen LogP contribution in [0.15, 0.2) is 0 Å². The first-order valence-electron chi connectivity index (χ1n) is 6.80. The third kappa shape index (κ3) is 2.97. The minimum absolute atomic E-state index is 0.367. The zero-order valence-electron chi connectivity index (χ0n) is 10.4. The topological polar surface area (TPSA) is 32.3 Å². The number of nitrogens with zero attached hydrogens (tertiary/aromatic N) is 1. The van der Waals surface area contributed by atoms with E-state index in [1.807, 2.05) is 0 Å². The van der Waals surface area contributed by atoms with Gasteiger partial charge < -0.3 is 10.2 Å². The monoisotopic (exact) mass is 224 g/mol. The van der Waals surface area contributed by atoms with Crippen molar-refractivity contribution in [1.29, 1.82) is 0 Å². The summed E-state index contributed by atoms with van der Waals surface area (Å²) in [5.41, 5.74) is 0. The lowest BCUT2D eigenvalue weighted by molar-refractivity contribution is -0.135. The van der Waals surface area contributed by atoms with E-state index in [1.165, 1.54) is 38.5 Å². The summed E-state index contributed by atoms with van der Waals surface area (Å²) < 4.78 is 0.